The molecular weight excluding hydrogens is 506 g/mol. The Balaban J connectivity index is 1.42. The molecule has 0 atom stereocenters. The zero-order valence-corrected chi connectivity index (χ0v) is 23.1. The molecule has 9 nitrogen and oxygen atoms in total. The predicted molar refractivity (Wildman–Crippen MR) is 144 cm³/mol. The predicted octanol–water partition coefficient (Wildman–Crippen LogP) is 3.40. The molecule has 0 aliphatic carbocycles. The summed E-state index contributed by atoms with van der Waals surface area (Å²) < 4.78 is 39.8. The second kappa shape index (κ2) is 10.4. The number of nitrogens with zero attached hydrogens (tertiary/aromatic N) is 1. The van der Waals surface area contributed by atoms with Crippen molar-refractivity contribution in [3.8, 4) is 11.5 Å². The number of piperidine rings is 1. The van der Waals surface area contributed by atoms with Gasteiger partial charge in [-0.3, -0.25) is 9.59 Å². The average molecular weight is 542 g/mol. The molecule has 1 saturated heterocycles. The molecule has 0 spiro atoms. The van der Waals surface area contributed by atoms with Gasteiger partial charge in [0.15, 0.2) is 11.5 Å². The number of rotatable bonds is 8. The maximum Gasteiger partial charge on any atom is 0.251 e. The summed E-state index contributed by atoms with van der Waals surface area (Å²) in [6, 6.07) is 11.5. The molecule has 204 valence electrons. The Kier molecular flexibility index (Phi) is 7.58. The molecule has 2 aliphatic heterocycles. The normalized spacial score (nSPS) is 18.5. The molecule has 2 aliphatic rings. The van der Waals surface area contributed by atoms with Crippen LogP contribution < -0.4 is 20.1 Å². The number of hydrogen-bond acceptors (Lipinski definition) is 6. The highest BCUT2D eigenvalue weighted by molar-refractivity contribution is 7.89. The molecule has 2 aromatic carbocycles. The van der Waals surface area contributed by atoms with Crippen molar-refractivity contribution in [1.29, 1.82) is 0 Å². The monoisotopic (exact) mass is 541 g/mol. The van der Waals surface area contributed by atoms with E-state index in [2.05, 4.69) is 17.2 Å². The van der Waals surface area contributed by atoms with E-state index in [0.717, 1.165) is 5.56 Å². The van der Waals surface area contributed by atoms with Crippen LogP contribution >= 0.6 is 0 Å². The van der Waals surface area contributed by atoms with Gasteiger partial charge in [0.25, 0.3) is 5.91 Å². The van der Waals surface area contributed by atoms with Gasteiger partial charge in [-0.1, -0.05) is 12.6 Å². The van der Waals surface area contributed by atoms with Gasteiger partial charge in [0.1, 0.15) is 0 Å². The van der Waals surface area contributed by atoms with Gasteiger partial charge in [-0.2, -0.15) is 4.31 Å². The Morgan fingerprint density at radius 2 is 1.66 bits per heavy atom. The third kappa shape index (κ3) is 5.71. The Bertz CT molecular complexity index is 1320. The van der Waals surface area contributed by atoms with Crippen LogP contribution in [0.1, 0.15) is 56.5 Å². The molecule has 0 unspecified atom stereocenters. The van der Waals surface area contributed by atoms with Crippen molar-refractivity contribution in [3.05, 3.63) is 66.2 Å². The van der Waals surface area contributed by atoms with Gasteiger partial charge < -0.3 is 20.1 Å². The lowest BCUT2D eigenvalue weighted by atomic mass is 9.79. The van der Waals surface area contributed by atoms with E-state index < -0.39 is 21.1 Å². The molecule has 2 amide bonds. The molecule has 0 radical (unpaired) electrons. The van der Waals surface area contributed by atoms with E-state index in [1.54, 1.807) is 0 Å². The molecule has 2 heterocycles. The van der Waals surface area contributed by atoms with Crippen molar-refractivity contribution in [3.63, 3.8) is 0 Å². The quantitative estimate of drug-likeness (QED) is 0.495. The highest BCUT2D eigenvalue weighted by atomic mass is 32.2. The van der Waals surface area contributed by atoms with Gasteiger partial charge in [-0.25, -0.2) is 8.42 Å². The van der Waals surface area contributed by atoms with Crippen LogP contribution in [0.25, 0.3) is 0 Å². The standard InChI is InChI=1S/C28H35N3O6S/c1-6-25(32)30-21-16-27(2,3)31(28(4,5)17-21)38(34,35)22-10-8-20(9-11-22)26(33)29-14-13-19-7-12-23-24(15-19)37-18-36-23/h6-12,15,21H,1,13-14,16-18H2,2-5H3,(H,29,33)(H,30,32). The van der Waals surface area contributed by atoms with Crippen molar-refractivity contribution in [2.24, 2.45) is 0 Å². The lowest BCUT2D eigenvalue weighted by Gasteiger charge is -2.53. The smallest absolute Gasteiger partial charge is 0.251 e. The summed E-state index contributed by atoms with van der Waals surface area (Å²) >= 11 is 0. The minimum atomic E-state index is -3.89. The number of amides is 2. The largest absolute Gasteiger partial charge is 0.454 e. The minimum Gasteiger partial charge on any atom is -0.454 e. The molecule has 10 heteroatoms. The number of fused-ring (bicyclic) bond motifs is 1. The zero-order chi connectivity index (χ0) is 27.7. The highest BCUT2D eigenvalue weighted by Crippen LogP contribution is 2.42. The second-order valence-electron chi connectivity index (χ2n) is 10.9. The topological polar surface area (TPSA) is 114 Å². The summed E-state index contributed by atoms with van der Waals surface area (Å²) in [5, 5.41) is 5.79. The van der Waals surface area contributed by atoms with E-state index in [4.69, 9.17) is 9.47 Å². The first-order valence-electron chi connectivity index (χ1n) is 12.6. The van der Waals surface area contributed by atoms with Crippen molar-refractivity contribution in [1.82, 2.24) is 14.9 Å². The molecule has 0 aromatic heterocycles. The minimum absolute atomic E-state index is 0.115. The first kappa shape index (κ1) is 27.7. The van der Waals surface area contributed by atoms with Crippen molar-refractivity contribution < 1.29 is 27.5 Å². The van der Waals surface area contributed by atoms with E-state index in [1.165, 1.54) is 34.6 Å². The number of carbonyl (C=O) groups is 2. The second-order valence-corrected chi connectivity index (χ2v) is 12.7. The molecule has 2 N–H and O–H groups in total. The van der Waals surface area contributed by atoms with Crippen LogP contribution in [-0.4, -0.2) is 55.0 Å². The summed E-state index contributed by atoms with van der Waals surface area (Å²) in [6.45, 7) is 11.6. The van der Waals surface area contributed by atoms with Crippen molar-refractivity contribution in [2.75, 3.05) is 13.3 Å². The Hall–Kier alpha value is -3.37. The van der Waals surface area contributed by atoms with E-state index in [1.807, 2.05) is 45.9 Å². The lowest BCUT2D eigenvalue weighted by molar-refractivity contribution is -0.118. The third-order valence-electron chi connectivity index (χ3n) is 6.91. The Morgan fingerprint density at radius 3 is 2.29 bits per heavy atom. The van der Waals surface area contributed by atoms with Crippen LogP contribution in [-0.2, 0) is 21.2 Å². The van der Waals surface area contributed by atoms with Crippen molar-refractivity contribution >= 4 is 21.8 Å². The number of ether oxygens (including phenoxy) is 2. The maximum atomic E-state index is 13.8. The van der Waals surface area contributed by atoms with Gasteiger partial charge in [0.05, 0.1) is 4.90 Å². The van der Waals surface area contributed by atoms with Crippen LogP contribution in [0.5, 0.6) is 11.5 Å². The number of benzene rings is 2. The molecule has 1 fully saturated rings. The Morgan fingerprint density at radius 1 is 1.03 bits per heavy atom. The van der Waals surface area contributed by atoms with Crippen LogP contribution in [0.3, 0.4) is 0 Å². The number of sulfonamides is 1. The van der Waals surface area contributed by atoms with Gasteiger partial charge >= 0.3 is 0 Å². The van der Waals surface area contributed by atoms with Crippen LogP contribution in [0.15, 0.2) is 60.0 Å². The number of hydrogen-bond donors (Lipinski definition) is 2. The molecule has 38 heavy (non-hydrogen) atoms. The first-order chi connectivity index (χ1) is 17.8. The summed E-state index contributed by atoms with van der Waals surface area (Å²) in [5.41, 5.74) is -0.136. The fraction of sp³-hybridized carbons (Fsp3) is 0.429. The molecule has 0 saturated carbocycles. The maximum absolute atomic E-state index is 13.8. The van der Waals surface area contributed by atoms with Gasteiger partial charge in [-0.05, 0) is 95.0 Å². The molecular formula is C28H35N3O6S. The summed E-state index contributed by atoms with van der Waals surface area (Å²) in [5.74, 6) is 0.850. The summed E-state index contributed by atoms with van der Waals surface area (Å²) in [7, 11) is -3.89. The summed E-state index contributed by atoms with van der Waals surface area (Å²) in [6.07, 6.45) is 2.75. The lowest BCUT2D eigenvalue weighted by Crippen LogP contribution is -2.65. The van der Waals surface area contributed by atoms with E-state index >= 15 is 0 Å². The number of nitrogens with one attached hydrogen (secondary N) is 2. The summed E-state index contributed by atoms with van der Waals surface area (Å²) in [4.78, 5) is 24.7. The van der Waals surface area contributed by atoms with Gasteiger partial charge in [-0.15, -0.1) is 0 Å². The fourth-order valence-corrected chi connectivity index (χ4v) is 7.82. The molecule has 4 rings (SSSR count). The third-order valence-corrected chi connectivity index (χ3v) is 9.25. The first-order valence-corrected chi connectivity index (χ1v) is 14.0. The van der Waals surface area contributed by atoms with Crippen LogP contribution in [0.2, 0.25) is 0 Å². The fourth-order valence-electron chi connectivity index (χ4n) is 5.68. The van der Waals surface area contributed by atoms with E-state index in [9.17, 15) is 18.0 Å². The van der Waals surface area contributed by atoms with Crippen LogP contribution in [0, 0.1) is 0 Å². The SMILES string of the molecule is C=CC(=O)NC1CC(C)(C)N(S(=O)(=O)c2ccc(C(=O)NCCc3ccc4c(c3)OCO4)cc2)C(C)(C)C1. The highest BCUT2D eigenvalue weighted by Gasteiger charge is 2.51. The zero-order valence-electron chi connectivity index (χ0n) is 22.2. The van der Waals surface area contributed by atoms with Crippen molar-refractivity contribution in [2.45, 2.75) is 69.0 Å². The van der Waals surface area contributed by atoms with E-state index in [-0.39, 0.29) is 29.5 Å². The Labute approximate surface area is 224 Å². The number of carbonyl (C=O) groups excluding carboxylic acids is 2. The van der Waals surface area contributed by atoms with Gasteiger partial charge in [0, 0.05) is 29.2 Å². The van der Waals surface area contributed by atoms with E-state index in [0.29, 0.717) is 42.9 Å². The van der Waals surface area contributed by atoms with Gasteiger partial charge in [0.2, 0.25) is 22.7 Å². The average Bonchev–Trinajstić information content (AvgIpc) is 3.30. The molecule has 2 aromatic rings. The van der Waals surface area contributed by atoms with Crippen LogP contribution in [0.4, 0.5) is 0 Å². The molecule has 0 bridgehead atoms.